The summed E-state index contributed by atoms with van der Waals surface area (Å²) < 4.78 is 2.80. The molecule has 2 aromatic heterocycles. The van der Waals surface area contributed by atoms with Gasteiger partial charge in [0.15, 0.2) is 0 Å². The zero-order valence-corrected chi connectivity index (χ0v) is 12.4. The third-order valence-corrected chi connectivity index (χ3v) is 4.13. The summed E-state index contributed by atoms with van der Waals surface area (Å²) in [7, 11) is 1.82. The van der Waals surface area contributed by atoms with E-state index in [-0.39, 0.29) is 5.91 Å². The van der Waals surface area contributed by atoms with Gasteiger partial charge in [-0.15, -0.1) is 11.3 Å². The maximum atomic E-state index is 11.7. The highest BCUT2D eigenvalue weighted by Crippen LogP contribution is 2.23. The summed E-state index contributed by atoms with van der Waals surface area (Å²) in [6, 6.07) is 4.13. The van der Waals surface area contributed by atoms with Gasteiger partial charge in [-0.05, 0) is 40.9 Å². The molecule has 18 heavy (non-hydrogen) atoms. The minimum atomic E-state index is 0.0404. The molecule has 6 heteroatoms. The number of aryl methyl sites for hydroxylation is 2. The molecule has 1 N–H and O–H groups in total. The van der Waals surface area contributed by atoms with Gasteiger partial charge in [0, 0.05) is 24.5 Å². The van der Waals surface area contributed by atoms with Gasteiger partial charge < -0.3 is 5.32 Å². The van der Waals surface area contributed by atoms with Gasteiger partial charge >= 0.3 is 0 Å². The Hall–Kier alpha value is -1.14. The van der Waals surface area contributed by atoms with Crippen LogP contribution in [0.15, 0.2) is 28.3 Å². The Morgan fingerprint density at radius 1 is 1.56 bits per heavy atom. The number of hydrogen-bond acceptors (Lipinski definition) is 3. The summed E-state index contributed by atoms with van der Waals surface area (Å²) in [5.41, 5.74) is 0.751. The molecule has 0 aliphatic rings. The lowest BCUT2D eigenvalue weighted by molar-refractivity contribution is -0.116. The van der Waals surface area contributed by atoms with Gasteiger partial charge in [-0.2, -0.15) is 5.10 Å². The van der Waals surface area contributed by atoms with Crippen molar-refractivity contribution in [1.29, 1.82) is 0 Å². The molecule has 1 amide bonds. The van der Waals surface area contributed by atoms with Gasteiger partial charge in [0.1, 0.15) is 0 Å². The summed E-state index contributed by atoms with van der Waals surface area (Å²) in [5.74, 6) is 0.0404. The Kier molecular flexibility index (Phi) is 4.54. The fraction of sp³-hybridized carbons (Fsp3) is 0.333. The van der Waals surface area contributed by atoms with E-state index in [4.69, 9.17) is 0 Å². The second-order valence-electron chi connectivity index (χ2n) is 4.01. The van der Waals surface area contributed by atoms with Gasteiger partial charge in [-0.3, -0.25) is 9.48 Å². The van der Waals surface area contributed by atoms with Crippen LogP contribution in [0.4, 0.5) is 5.69 Å². The first kappa shape index (κ1) is 13.3. The number of carbonyl (C=O) groups is 1. The molecule has 0 unspecified atom stereocenters. The van der Waals surface area contributed by atoms with Gasteiger partial charge in [0.25, 0.3) is 0 Å². The van der Waals surface area contributed by atoms with Crippen molar-refractivity contribution in [3.63, 3.8) is 0 Å². The van der Waals surface area contributed by atoms with Crippen LogP contribution in [0.25, 0.3) is 0 Å². The van der Waals surface area contributed by atoms with Crippen molar-refractivity contribution >= 4 is 38.9 Å². The van der Waals surface area contributed by atoms with E-state index in [1.807, 2.05) is 13.1 Å². The average molecular weight is 328 g/mol. The molecule has 2 heterocycles. The topological polar surface area (TPSA) is 46.9 Å². The van der Waals surface area contributed by atoms with Crippen LogP contribution in [-0.2, 0) is 18.3 Å². The number of halogens is 1. The summed E-state index contributed by atoms with van der Waals surface area (Å²) in [5, 5.41) is 6.82. The third kappa shape index (κ3) is 3.96. The molecule has 0 saturated heterocycles. The Balaban J connectivity index is 1.72. The Morgan fingerprint density at radius 3 is 3.00 bits per heavy atom. The van der Waals surface area contributed by atoms with E-state index < -0.39 is 0 Å². The van der Waals surface area contributed by atoms with E-state index >= 15 is 0 Å². The largest absolute Gasteiger partial charge is 0.323 e. The van der Waals surface area contributed by atoms with Crippen LogP contribution in [0.1, 0.15) is 17.7 Å². The number of nitrogens with one attached hydrogen (secondary N) is 1. The van der Waals surface area contributed by atoms with E-state index in [0.29, 0.717) is 6.42 Å². The minimum absolute atomic E-state index is 0.0404. The SMILES string of the molecule is Cn1cc(NC(=O)CCCc2ccc(Br)s2)cn1. The minimum Gasteiger partial charge on any atom is -0.323 e. The summed E-state index contributed by atoms with van der Waals surface area (Å²) in [6.07, 6.45) is 5.77. The maximum Gasteiger partial charge on any atom is 0.224 e. The number of hydrogen-bond donors (Lipinski definition) is 1. The fourth-order valence-electron chi connectivity index (χ4n) is 1.62. The summed E-state index contributed by atoms with van der Waals surface area (Å²) in [6.45, 7) is 0. The molecule has 2 rings (SSSR count). The van der Waals surface area contributed by atoms with Crippen molar-refractivity contribution in [2.24, 2.45) is 7.05 Å². The summed E-state index contributed by atoms with van der Waals surface area (Å²) in [4.78, 5) is 13.0. The molecule has 0 aliphatic heterocycles. The van der Waals surface area contributed by atoms with Gasteiger partial charge in [0.05, 0.1) is 15.7 Å². The first-order valence-electron chi connectivity index (χ1n) is 5.66. The van der Waals surface area contributed by atoms with Crippen LogP contribution in [0.3, 0.4) is 0 Å². The molecule has 2 aromatic rings. The maximum absolute atomic E-state index is 11.7. The zero-order valence-electron chi connectivity index (χ0n) is 10.0. The second-order valence-corrected chi connectivity index (χ2v) is 6.56. The highest BCUT2D eigenvalue weighted by Gasteiger charge is 2.05. The molecule has 0 fully saturated rings. The van der Waals surface area contributed by atoms with E-state index in [1.54, 1.807) is 28.4 Å². The molecule has 0 aliphatic carbocycles. The molecule has 0 saturated carbocycles. The Bertz CT molecular complexity index is 535. The predicted octanol–water partition coefficient (Wildman–Crippen LogP) is 3.21. The highest BCUT2D eigenvalue weighted by atomic mass is 79.9. The monoisotopic (exact) mass is 327 g/mol. The second kappa shape index (κ2) is 6.15. The van der Waals surface area contributed by atoms with Crippen molar-refractivity contribution in [3.05, 3.63) is 33.2 Å². The third-order valence-electron chi connectivity index (χ3n) is 2.44. The van der Waals surface area contributed by atoms with Crippen LogP contribution < -0.4 is 5.32 Å². The van der Waals surface area contributed by atoms with Crippen molar-refractivity contribution in [2.45, 2.75) is 19.3 Å². The van der Waals surface area contributed by atoms with Gasteiger partial charge in [0.2, 0.25) is 5.91 Å². The Morgan fingerprint density at radius 2 is 2.39 bits per heavy atom. The number of carbonyl (C=O) groups excluding carboxylic acids is 1. The van der Waals surface area contributed by atoms with Crippen molar-refractivity contribution in [3.8, 4) is 0 Å². The van der Waals surface area contributed by atoms with Crippen molar-refractivity contribution in [1.82, 2.24) is 9.78 Å². The highest BCUT2D eigenvalue weighted by molar-refractivity contribution is 9.11. The Labute approximate surface area is 118 Å². The van der Waals surface area contributed by atoms with E-state index in [9.17, 15) is 4.79 Å². The van der Waals surface area contributed by atoms with Gasteiger partial charge in [-0.1, -0.05) is 0 Å². The quantitative estimate of drug-likeness (QED) is 0.916. The van der Waals surface area contributed by atoms with Crippen molar-refractivity contribution < 1.29 is 4.79 Å². The van der Waals surface area contributed by atoms with Crippen LogP contribution >= 0.6 is 27.3 Å². The smallest absolute Gasteiger partial charge is 0.224 e. The van der Waals surface area contributed by atoms with E-state index in [1.165, 1.54) is 4.88 Å². The number of aromatic nitrogens is 2. The lowest BCUT2D eigenvalue weighted by Gasteiger charge is -2.01. The number of nitrogens with zero attached hydrogens (tertiary/aromatic N) is 2. The fourth-order valence-corrected chi connectivity index (χ4v) is 3.14. The van der Waals surface area contributed by atoms with Crippen LogP contribution in [-0.4, -0.2) is 15.7 Å². The molecule has 4 nitrogen and oxygen atoms in total. The predicted molar refractivity (Wildman–Crippen MR) is 76.8 cm³/mol. The summed E-state index contributed by atoms with van der Waals surface area (Å²) >= 11 is 5.15. The number of anilines is 1. The lowest BCUT2D eigenvalue weighted by Crippen LogP contribution is -2.10. The molecule has 0 atom stereocenters. The van der Waals surface area contributed by atoms with Crippen LogP contribution in [0, 0.1) is 0 Å². The van der Waals surface area contributed by atoms with Crippen molar-refractivity contribution in [2.75, 3.05) is 5.32 Å². The van der Waals surface area contributed by atoms with Crippen LogP contribution in [0.5, 0.6) is 0 Å². The molecular weight excluding hydrogens is 314 g/mol. The van der Waals surface area contributed by atoms with Crippen LogP contribution in [0.2, 0.25) is 0 Å². The van der Waals surface area contributed by atoms with Gasteiger partial charge in [-0.25, -0.2) is 0 Å². The lowest BCUT2D eigenvalue weighted by atomic mass is 10.2. The molecule has 0 spiro atoms. The first-order chi connectivity index (χ1) is 8.63. The van der Waals surface area contributed by atoms with E-state index in [0.717, 1.165) is 22.3 Å². The molecule has 0 bridgehead atoms. The van der Waals surface area contributed by atoms with E-state index in [2.05, 4.69) is 32.4 Å². The molecule has 96 valence electrons. The normalized spacial score (nSPS) is 10.6. The molecular formula is C12H14BrN3OS. The number of thiophene rings is 1. The zero-order chi connectivity index (χ0) is 13.0. The first-order valence-corrected chi connectivity index (χ1v) is 7.27. The average Bonchev–Trinajstić information content (AvgIpc) is 2.88. The number of rotatable bonds is 5. The standard InChI is InChI=1S/C12H14BrN3OS/c1-16-8-9(7-14-16)15-12(17)4-2-3-10-5-6-11(13)18-10/h5-8H,2-4H2,1H3,(H,15,17). The number of amides is 1. The molecule has 0 aromatic carbocycles. The molecule has 0 radical (unpaired) electrons.